The van der Waals surface area contributed by atoms with Crippen molar-refractivity contribution in [1.82, 2.24) is 9.97 Å². The molecule has 1 aliphatic rings. The second kappa shape index (κ2) is 6.14. The Morgan fingerprint density at radius 1 is 1.30 bits per heavy atom. The Morgan fingerprint density at radius 2 is 2.15 bits per heavy atom. The molecule has 1 fully saturated rings. The molecule has 2 unspecified atom stereocenters. The van der Waals surface area contributed by atoms with Crippen LogP contribution in [0.5, 0.6) is 0 Å². The lowest BCUT2D eigenvalue weighted by Crippen LogP contribution is -2.19. The number of H-pyrrole nitrogens is 2. The third-order valence-corrected chi connectivity index (χ3v) is 4.90. The normalized spacial score (nSPS) is 21.1. The molecule has 1 aliphatic heterocycles. The third kappa shape index (κ3) is 3.15. The van der Waals surface area contributed by atoms with Gasteiger partial charge in [0.2, 0.25) is 0 Å². The minimum Gasteiger partial charge on any atom is -0.378 e. The van der Waals surface area contributed by atoms with Gasteiger partial charge in [0.25, 0.3) is 0 Å². The fraction of sp³-hybridized carbons (Fsp3) is 0.533. The van der Waals surface area contributed by atoms with Gasteiger partial charge in [-0.3, -0.25) is 0 Å². The fourth-order valence-corrected chi connectivity index (χ4v) is 3.33. The maximum absolute atomic E-state index is 11.3. The molecule has 108 valence electrons. The van der Waals surface area contributed by atoms with Crippen molar-refractivity contribution in [2.45, 2.75) is 43.0 Å². The first-order chi connectivity index (χ1) is 9.72. The lowest BCUT2D eigenvalue weighted by molar-refractivity contribution is 0.0102. The van der Waals surface area contributed by atoms with E-state index < -0.39 is 0 Å². The van der Waals surface area contributed by atoms with Crippen LogP contribution in [0.25, 0.3) is 11.0 Å². The Balaban J connectivity index is 1.65. The van der Waals surface area contributed by atoms with Gasteiger partial charge < -0.3 is 14.7 Å². The molecule has 0 spiro atoms. The number of fused-ring (bicyclic) bond motifs is 1. The molecule has 0 bridgehead atoms. The van der Waals surface area contributed by atoms with E-state index in [9.17, 15) is 4.79 Å². The molecule has 2 atom stereocenters. The van der Waals surface area contributed by atoms with Crippen LogP contribution >= 0.6 is 15.9 Å². The van der Waals surface area contributed by atoms with E-state index in [-0.39, 0.29) is 5.69 Å². The van der Waals surface area contributed by atoms with Gasteiger partial charge in [-0.2, -0.15) is 0 Å². The van der Waals surface area contributed by atoms with Gasteiger partial charge in [-0.1, -0.05) is 22.0 Å². The molecule has 4 nitrogen and oxygen atoms in total. The molecule has 1 saturated heterocycles. The van der Waals surface area contributed by atoms with E-state index in [1.165, 1.54) is 24.8 Å². The molecule has 5 heteroatoms. The van der Waals surface area contributed by atoms with Crippen molar-refractivity contribution in [3.8, 4) is 0 Å². The summed E-state index contributed by atoms with van der Waals surface area (Å²) in [7, 11) is 0. The minimum absolute atomic E-state index is 0.154. The summed E-state index contributed by atoms with van der Waals surface area (Å²) < 4.78 is 5.76. The zero-order valence-corrected chi connectivity index (χ0v) is 12.9. The summed E-state index contributed by atoms with van der Waals surface area (Å²) in [5.41, 5.74) is 2.77. The molecule has 2 heterocycles. The van der Waals surface area contributed by atoms with Gasteiger partial charge in [0.05, 0.1) is 17.1 Å². The Morgan fingerprint density at radius 3 is 2.95 bits per heavy atom. The number of hydrogen-bond acceptors (Lipinski definition) is 2. The van der Waals surface area contributed by atoms with E-state index in [1.807, 2.05) is 12.1 Å². The van der Waals surface area contributed by atoms with E-state index in [1.54, 1.807) is 0 Å². The van der Waals surface area contributed by atoms with Gasteiger partial charge in [-0.15, -0.1) is 0 Å². The first-order valence-corrected chi connectivity index (χ1v) is 8.11. The number of alkyl halides is 1. The Bertz CT molecular complexity index is 628. The Hall–Kier alpha value is -1.07. The standard InChI is InChI=1S/C15H19BrN2O2/c16-12(6-5-11-3-1-2-8-20-11)10-4-7-13-14(9-10)18-15(19)17-13/h4,7,9,11-12H,1-3,5-6,8H2,(H2,17,18,19). The van der Waals surface area contributed by atoms with Crippen LogP contribution in [0.4, 0.5) is 0 Å². The molecule has 0 aliphatic carbocycles. The average Bonchev–Trinajstić information content (AvgIpc) is 2.85. The third-order valence-electron chi connectivity index (χ3n) is 3.92. The zero-order valence-electron chi connectivity index (χ0n) is 11.3. The lowest BCUT2D eigenvalue weighted by atomic mass is 10.0. The Kier molecular flexibility index (Phi) is 4.27. The number of nitrogens with one attached hydrogen (secondary N) is 2. The number of hydrogen-bond donors (Lipinski definition) is 2. The largest absolute Gasteiger partial charge is 0.378 e. The van der Waals surface area contributed by atoms with Crippen LogP contribution in [-0.2, 0) is 4.74 Å². The molecule has 1 aromatic heterocycles. The summed E-state index contributed by atoms with van der Waals surface area (Å²) in [6.45, 7) is 0.911. The molecular formula is C15H19BrN2O2. The van der Waals surface area contributed by atoms with E-state index in [4.69, 9.17) is 4.74 Å². The molecule has 3 rings (SSSR count). The average molecular weight is 339 g/mol. The first-order valence-electron chi connectivity index (χ1n) is 7.20. The zero-order chi connectivity index (χ0) is 13.9. The quantitative estimate of drug-likeness (QED) is 0.836. The highest BCUT2D eigenvalue weighted by Crippen LogP contribution is 2.31. The van der Waals surface area contributed by atoms with Crippen molar-refractivity contribution in [1.29, 1.82) is 0 Å². The molecule has 2 N–H and O–H groups in total. The van der Waals surface area contributed by atoms with Crippen LogP contribution in [0.1, 0.15) is 42.5 Å². The van der Waals surface area contributed by atoms with Crippen LogP contribution in [-0.4, -0.2) is 22.7 Å². The van der Waals surface area contributed by atoms with E-state index in [0.717, 1.165) is 30.5 Å². The number of ether oxygens (including phenoxy) is 1. The van der Waals surface area contributed by atoms with Gasteiger partial charge in [0, 0.05) is 11.4 Å². The number of imidazole rings is 1. The maximum atomic E-state index is 11.3. The monoisotopic (exact) mass is 338 g/mol. The van der Waals surface area contributed by atoms with Crippen molar-refractivity contribution in [2.75, 3.05) is 6.61 Å². The topological polar surface area (TPSA) is 57.9 Å². The number of aromatic nitrogens is 2. The van der Waals surface area contributed by atoms with Gasteiger partial charge in [0.15, 0.2) is 0 Å². The summed E-state index contributed by atoms with van der Waals surface area (Å²) in [6.07, 6.45) is 6.21. The minimum atomic E-state index is -0.154. The van der Waals surface area contributed by atoms with Crippen LogP contribution in [0, 0.1) is 0 Å². The van der Waals surface area contributed by atoms with Crippen molar-refractivity contribution in [3.63, 3.8) is 0 Å². The number of benzene rings is 1. The molecule has 0 amide bonds. The molecule has 0 saturated carbocycles. The van der Waals surface area contributed by atoms with E-state index in [2.05, 4.69) is 32.0 Å². The highest BCUT2D eigenvalue weighted by molar-refractivity contribution is 9.09. The SMILES string of the molecule is O=c1[nH]c2ccc(C(Br)CCC3CCCCO3)cc2[nH]1. The van der Waals surface area contributed by atoms with Gasteiger partial charge in [-0.25, -0.2) is 4.79 Å². The van der Waals surface area contributed by atoms with E-state index in [0.29, 0.717) is 10.9 Å². The predicted molar refractivity (Wildman–Crippen MR) is 83.4 cm³/mol. The smallest absolute Gasteiger partial charge is 0.323 e. The molecule has 1 aromatic carbocycles. The lowest BCUT2D eigenvalue weighted by Gasteiger charge is -2.23. The van der Waals surface area contributed by atoms with Gasteiger partial charge >= 0.3 is 5.69 Å². The second-order valence-electron chi connectivity index (χ2n) is 5.42. The number of aromatic amines is 2. The summed E-state index contributed by atoms with van der Waals surface area (Å²) in [5.74, 6) is 0. The van der Waals surface area contributed by atoms with Gasteiger partial charge in [0.1, 0.15) is 0 Å². The van der Waals surface area contributed by atoms with Crippen molar-refractivity contribution in [3.05, 3.63) is 34.2 Å². The first kappa shape index (κ1) is 13.9. The van der Waals surface area contributed by atoms with Crippen LogP contribution in [0.3, 0.4) is 0 Å². The summed E-state index contributed by atoms with van der Waals surface area (Å²) >= 11 is 3.75. The van der Waals surface area contributed by atoms with Crippen LogP contribution < -0.4 is 5.69 Å². The summed E-state index contributed by atoms with van der Waals surface area (Å²) in [6, 6.07) is 6.05. The summed E-state index contributed by atoms with van der Waals surface area (Å²) in [5, 5.41) is 0. The highest BCUT2D eigenvalue weighted by atomic mass is 79.9. The highest BCUT2D eigenvalue weighted by Gasteiger charge is 2.16. The number of rotatable bonds is 4. The summed E-state index contributed by atoms with van der Waals surface area (Å²) in [4.78, 5) is 17.1. The predicted octanol–water partition coefficient (Wildman–Crippen LogP) is 3.64. The Labute approximate surface area is 126 Å². The maximum Gasteiger partial charge on any atom is 0.323 e. The molecule has 0 radical (unpaired) electrons. The fourth-order valence-electron chi connectivity index (χ4n) is 2.78. The van der Waals surface area contributed by atoms with Crippen molar-refractivity contribution in [2.24, 2.45) is 0 Å². The van der Waals surface area contributed by atoms with Gasteiger partial charge in [-0.05, 0) is 49.8 Å². The van der Waals surface area contributed by atoms with Crippen LogP contribution in [0.2, 0.25) is 0 Å². The molecular weight excluding hydrogens is 320 g/mol. The second-order valence-corrected chi connectivity index (χ2v) is 6.52. The van der Waals surface area contributed by atoms with Crippen molar-refractivity contribution < 1.29 is 4.74 Å². The molecule has 2 aromatic rings. The van der Waals surface area contributed by atoms with Crippen LogP contribution in [0.15, 0.2) is 23.0 Å². The molecule has 20 heavy (non-hydrogen) atoms. The number of halogens is 1. The van der Waals surface area contributed by atoms with Crippen molar-refractivity contribution >= 4 is 27.0 Å². The van der Waals surface area contributed by atoms with E-state index >= 15 is 0 Å².